The largest absolute Gasteiger partial charge is 0.373 e. The first kappa shape index (κ1) is 14.3. The number of nitrogens with zero attached hydrogens (tertiary/aromatic N) is 2. The summed E-state index contributed by atoms with van der Waals surface area (Å²) in [5.41, 5.74) is 1.16. The molecule has 0 aliphatic heterocycles. The molecule has 1 unspecified atom stereocenters. The van der Waals surface area contributed by atoms with Gasteiger partial charge in [0, 0.05) is 19.6 Å². The SMILES string of the molecule is CCCNc1nc(C(OC)C2CC2)nc(C2CC2)c1Br. The highest BCUT2D eigenvalue weighted by Gasteiger charge is 2.36. The number of methoxy groups -OCH3 is 1. The summed E-state index contributed by atoms with van der Waals surface area (Å²) in [6.07, 6.45) is 6.08. The zero-order chi connectivity index (χ0) is 14.1. The van der Waals surface area contributed by atoms with E-state index in [1.165, 1.54) is 25.7 Å². The third-order valence-corrected chi connectivity index (χ3v) is 4.74. The van der Waals surface area contributed by atoms with Gasteiger partial charge in [0.25, 0.3) is 0 Å². The third-order valence-electron chi connectivity index (χ3n) is 3.96. The Hall–Kier alpha value is -0.680. The maximum atomic E-state index is 5.65. The molecule has 0 bridgehead atoms. The number of hydrogen-bond acceptors (Lipinski definition) is 4. The predicted octanol–water partition coefficient (Wildman–Crippen LogP) is 4.04. The van der Waals surface area contributed by atoms with Crippen molar-refractivity contribution in [3.8, 4) is 0 Å². The molecule has 110 valence electrons. The monoisotopic (exact) mass is 339 g/mol. The van der Waals surface area contributed by atoms with Crippen LogP contribution >= 0.6 is 15.9 Å². The second-order valence-corrected chi connectivity index (χ2v) is 6.62. The molecule has 4 nitrogen and oxygen atoms in total. The van der Waals surface area contributed by atoms with Gasteiger partial charge >= 0.3 is 0 Å². The Kier molecular flexibility index (Phi) is 4.26. The molecule has 1 atom stereocenters. The van der Waals surface area contributed by atoms with Crippen LogP contribution in [0.15, 0.2) is 4.47 Å². The van der Waals surface area contributed by atoms with Gasteiger partial charge in [0.2, 0.25) is 0 Å². The normalized spacial score (nSPS) is 19.9. The van der Waals surface area contributed by atoms with Crippen molar-refractivity contribution in [2.45, 2.75) is 51.0 Å². The van der Waals surface area contributed by atoms with Gasteiger partial charge < -0.3 is 10.1 Å². The first-order valence-corrected chi connectivity index (χ1v) is 8.37. The average molecular weight is 340 g/mol. The highest BCUT2D eigenvalue weighted by molar-refractivity contribution is 9.10. The van der Waals surface area contributed by atoms with Gasteiger partial charge in [-0.1, -0.05) is 6.92 Å². The molecule has 0 aromatic carbocycles. The van der Waals surface area contributed by atoms with Crippen LogP contribution in [0.5, 0.6) is 0 Å². The van der Waals surface area contributed by atoms with E-state index in [0.717, 1.165) is 34.8 Å². The van der Waals surface area contributed by atoms with Crippen molar-refractivity contribution < 1.29 is 4.74 Å². The molecule has 1 aromatic rings. The van der Waals surface area contributed by atoms with Gasteiger partial charge in [0.1, 0.15) is 11.9 Å². The molecular formula is C15H22BrN3O. The van der Waals surface area contributed by atoms with Crippen molar-refractivity contribution >= 4 is 21.7 Å². The summed E-state index contributed by atoms with van der Waals surface area (Å²) in [6.45, 7) is 3.09. The summed E-state index contributed by atoms with van der Waals surface area (Å²) in [5, 5.41) is 3.41. The fourth-order valence-electron chi connectivity index (χ4n) is 2.51. The lowest BCUT2D eigenvalue weighted by atomic mass is 10.2. The Morgan fingerprint density at radius 1 is 1.30 bits per heavy atom. The van der Waals surface area contributed by atoms with Gasteiger partial charge in [-0.2, -0.15) is 0 Å². The zero-order valence-electron chi connectivity index (χ0n) is 12.2. The Morgan fingerprint density at radius 2 is 2.05 bits per heavy atom. The van der Waals surface area contributed by atoms with E-state index in [2.05, 4.69) is 28.2 Å². The number of ether oxygens (including phenoxy) is 1. The van der Waals surface area contributed by atoms with Crippen LogP contribution in [0.3, 0.4) is 0 Å². The quantitative estimate of drug-likeness (QED) is 0.814. The molecule has 0 amide bonds. The molecule has 20 heavy (non-hydrogen) atoms. The van der Waals surface area contributed by atoms with Gasteiger partial charge in [0.15, 0.2) is 5.82 Å². The van der Waals surface area contributed by atoms with Crippen molar-refractivity contribution in [3.05, 3.63) is 16.0 Å². The topological polar surface area (TPSA) is 47.0 Å². The molecule has 1 aromatic heterocycles. The molecular weight excluding hydrogens is 318 g/mol. The van der Waals surface area contributed by atoms with Crippen LogP contribution in [0.2, 0.25) is 0 Å². The second kappa shape index (κ2) is 5.98. The number of anilines is 1. The number of aromatic nitrogens is 2. The Balaban J connectivity index is 1.93. The Morgan fingerprint density at radius 3 is 2.60 bits per heavy atom. The number of nitrogens with one attached hydrogen (secondary N) is 1. The van der Waals surface area contributed by atoms with Crippen LogP contribution in [0.4, 0.5) is 5.82 Å². The Labute approximate surface area is 128 Å². The maximum absolute atomic E-state index is 5.65. The molecule has 5 heteroatoms. The fraction of sp³-hybridized carbons (Fsp3) is 0.733. The van der Waals surface area contributed by atoms with E-state index in [-0.39, 0.29) is 6.10 Å². The van der Waals surface area contributed by atoms with Crippen LogP contribution < -0.4 is 5.32 Å². The van der Waals surface area contributed by atoms with Crippen molar-refractivity contribution in [1.82, 2.24) is 9.97 Å². The molecule has 0 radical (unpaired) electrons. The maximum Gasteiger partial charge on any atom is 0.160 e. The lowest BCUT2D eigenvalue weighted by Gasteiger charge is -2.17. The van der Waals surface area contributed by atoms with Crippen LogP contribution in [-0.4, -0.2) is 23.6 Å². The van der Waals surface area contributed by atoms with Crippen LogP contribution in [0.1, 0.15) is 62.6 Å². The molecule has 2 saturated carbocycles. The summed E-state index contributed by atoms with van der Waals surface area (Å²) in [4.78, 5) is 9.53. The minimum absolute atomic E-state index is 0.0581. The number of rotatable bonds is 7. The van der Waals surface area contributed by atoms with Crippen molar-refractivity contribution in [1.29, 1.82) is 0 Å². The number of hydrogen-bond donors (Lipinski definition) is 1. The third kappa shape index (κ3) is 2.98. The van der Waals surface area contributed by atoms with Crippen LogP contribution in [-0.2, 0) is 4.74 Å². The molecule has 0 saturated heterocycles. The van der Waals surface area contributed by atoms with Gasteiger partial charge in [-0.25, -0.2) is 9.97 Å². The molecule has 2 aliphatic rings. The number of halogens is 1. The van der Waals surface area contributed by atoms with Crippen molar-refractivity contribution in [3.63, 3.8) is 0 Å². The van der Waals surface area contributed by atoms with E-state index in [1.54, 1.807) is 7.11 Å². The lowest BCUT2D eigenvalue weighted by Crippen LogP contribution is -2.14. The first-order valence-electron chi connectivity index (χ1n) is 7.58. The summed E-state index contributed by atoms with van der Waals surface area (Å²) >= 11 is 3.68. The van der Waals surface area contributed by atoms with Gasteiger partial charge in [-0.05, 0) is 54.0 Å². The van der Waals surface area contributed by atoms with E-state index in [4.69, 9.17) is 14.7 Å². The van der Waals surface area contributed by atoms with Crippen LogP contribution in [0.25, 0.3) is 0 Å². The summed E-state index contributed by atoms with van der Waals surface area (Å²) < 4.78 is 6.69. The molecule has 2 fully saturated rings. The molecule has 2 aliphatic carbocycles. The van der Waals surface area contributed by atoms with E-state index in [0.29, 0.717) is 11.8 Å². The average Bonchev–Trinajstić information content (AvgIpc) is 3.31. The zero-order valence-corrected chi connectivity index (χ0v) is 13.7. The minimum Gasteiger partial charge on any atom is -0.373 e. The lowest BCUT2D eigenvalue weighted by molar-refractivity contribution is 0.0771. The molecule has 3 rings (SSSR count). The summed E-state index contributed by atoms with van der Waals surface area (Å²) in [7, 11) is 1.77. The van der Waals surface area contributed by atoms with Crippen molar-refractivity contribution in [2.75, 3.05) is 19.0 Å². The van der Waals surface area contributed by atoms with Crippen molar-refractivity contribution in [2.24, 2.45) is 5.92 Å². The highest BCUT2D eigenvalue weighted by Crippen LogP contribution is 2.46. The van der Waals surface area contributed by atoms with Gasteiger partial charge in [0.05, 0.1) is 10.2 Å². The Bertz CT molecular complexity index is 486. The fourth-order valence-corrected chi connectivity index (χ4v) is 3.15. The standard InChI is InChI=1S/C15H22BrN3O/c1-3-8-17-14-11(16)12(9-4-5-9)18-15(19-14)13(20-2)10-6-7-10/h9-10,13H,3-8H2,1-2H3,(H,17,18,19). The molecule has 0 spiro atoms. The van der Waals surface area contributed by atoms with E-state index in [1.807, 2.05) is 0 Å². The smallest absolute Gasteiger partial charge is 0.160 e. The minimum atomic E-state index is 0.0581. The van der Waals surface area contributed by atoms with E-state index < -0.39 is 0 Å². The predicted molar refractivity (Wildman–Crippen MR) is 83.0 cm³/mol. The van der Waals surface area contributed by atoms with E-state index >= 15 is 0 Å². The summed E-state index contributed by atoms with van der Waals surface area (Å²) in [6, 6.07) is 0. The summed E-state index contributed by atoms with van der Waals surface area (Å²) in [5.74, 6) is 3.00. The van der Waals surface area contributed by atoms with Crippen LogP contribution in [0, 0.1) is 5.92 Å². The van der Waals surface area contributed by atoms with E-state index in [9.17, 15) is 0 Å². The second-order valence-electron chi connectivity index (χ2n) is 5.82. The van der Waals surface area contributed by atoms with Gasteiger partial charge in [-0.3, -0.25) is 0 Å². The first-order chi connectivity index (χ1) is 9.74. The molecule has 1 heterocycles. The molecule has 1 N–H and O–H groups in total. The highest BCUT2D eigenvalue weighted by atomic mass is 79.9. The van der Waals surface area contributed by atoms with Gasteiger partial charge in [-0.15, -0.1) is 0 Å².